The van der Waals surface area contributed by atoms with E-state index in [0.29, 0.717) is 12.0 Å². The van der Waals surface area contributed by atoms with Crippen molar-refractivity contribution in [2.45, 2.75) is 25.2 Å². The second-order valence-corrected chi connectivity index (χ2v) is 6.39. The van der Waals surface area contributed by atoms with Crippen LogP contribution in [0.15, 0.2) is 29.8 Å². The average Bonchev–Trinajstić information content (AvgIpc) is 2.62. The first-order valence-corrected chi connectivity index (χ1v) is 7.96. The number of rotatable bonds is 1. The average molecular weight is 336 g/mol. The number of benzene rings is 1. The Morgan fingerprint density at radius 1 is 1.16 bits per heavy atom. The summed E-state index contributed by atoms with van der Waals surface area (Å²) in [6, 6.07) is 8.84. The highest BCUT2D eigenvalue weighted by Crippen LogP contribution is 2.55. The van der Waals surface area contributed by atoms with Gasteiger partial charge in [0.25, 0.3) is 0 Å². The highest BCUT2D eigenvalue weighted by molar-refractivity contribution is 6.00. The predicted octanol–water partition coefficient (Wildman–Crippen LogP) is 3.98. The molecule has 1 fully saturated rings. The zero-order valence-electron chi connectivity index (χ0n) is 13.3. The van der Waals surface area contributed by atoms with Crippen molar-refractivity contribution in [1.82, 2.24) is 0 Å². The van der Waals surface area contributed by atoms with Gasteiger partial charge in [-0.25, -0.2) is 8.78 Å². The van der Waals surface area contributed by atoms with Crippen LogP contribution in [-0.2, 0) is 0 Å². The minimum Gasteiger partial charge on any atom is -0.305 e. The van der Waals surface area contributed by atoms with Crippen molar-refractivity contribution in [2.75, 3.05) is 0 Å². The summed E-state index contributed by atoms with van der Waals surface area (Å²) in [5, 5.41) is 37.4. The SMILES string of the molecule is N#C[C@H]1C(=N)C(C#N)(C#N)[C@@H](c2ccc(F)cc2F)[C@H]2CCCC=C12. The van der Waals surface area contributed by atoms with Crippen molar-refractivity contribution in [3.63, 3.8) is 0 Å². The Hall–Kier alpha value is -3.04. The molecule has 0 amide bonds. The maximum Gasteiger partial charge on any atom is 0.189 e. The molecular formula is C19H14F2N4. The van der Waals surface area contributed by atoms with Crippen molar-refractivity contribution in [3.8, 4) is 18.2 Å². The molecular weight excluding hydrogens is 322 g/mol. The lowest BCUT2D eigenvalue weighted by Crippen LogP contribution is -2.49. The summed E-state index contributed by atoms with van der Waals surface area (Å²) in [5.74, 6) is -3.88. The van der Waals surface area contributed by atoms with E-state index in [1.165, 1.54) is 6.07 Å². The fraction of sp³-hybridized carbons (Fsp3) is 0.368. The largest absolute Gasteiger partial charge is 0.305 e. The summed E-state index contributed by atoms with van der Waals surface area (Å²) in [5.41, 5.74) is -1.55. The fourth-order valence-corrected chi connectivity index (χ4v) is 4.11. The van der Waals surface area contributed by atoms with E-state index in [1.807, 2.05) is 24.3 Å². The van der Waals surface area contributed by atoms with Crippen LogP contribution in [0.5, 0.6) is 0 Å². The molecule has 0 radical (unpaired) electrons. The van der Waals surface area contributed by atoms with E-state index in [9.17, 15) is 24.6 Å². The minimum atomic E-state index is -1.95. The van der Waals surface area contributed by atoms with Crippen LogP contribution in [-0.4, -0.2) is 5.71 Å². The number of hydrogen-bond donors (Lipinski definition) is 1. The van der Waals surface area contributed by atoms with Gasteiger partial charge in [-0.1, -0.05) is 12.1 Å². The number of allylic oxidation sites excluding steroid dienone is 2. The molecule has 3 rings (SSSR count). The Morgan fingerprint density at radius 3 is 2.48 bits per heavy atom. The van der Waals surface area contributed by atoms with E-state index in [4.69, 9.17) is 5.41 Å². The molecule has 0 heterocycles. The Bertz CT molecular complexity index is 883. The summed E-state index contributed by atoms with van der Waals surface area (Å²) >= 11 is 0. The third-order valence-electron chi connectivity index (χ3n) is 5.22. The van der Waals surface area contributed by atoms with Crippen molar-refractivity contribution in [2.24, 2.45) is 17.3 Å². The van der Waals surface area contributed by atoms with E-state index in [0.717, 1.165) is 25.0 Å². The molecule has 0 aromatic heterocycles. The normalized spacial score (nSPS) is 27.2. The molecule has 25 heavy (non-hydrogen) atoms. The number of fused-ring (bicyclic) bond motifs is 1. The van der Waals surface area contributed by atoms with Crippen LogP contribution in [0.4, 0.5) is 8.78 Å². The van der Waals surface area contributed by atoms with E-state index in [-0.39, 0.29) is 11.3 Å². The maximum absolute atomic E-state index is 14.5. The molecule has 124 valence electrons. The highest BCUT2D eigenvalue weighted by atomic mass is 19.1. The summed E-state index contributed by atoms with van der Waals surface area (Å²) in [6.07, 6.45) is 3.97. The first kappa shape index (κ1) is 16.8. The number of nitrogens with zero attached hydrogens (tertiary/aromatic N) is 3. The molecule has 0 unspecified atom stereocenters. The van der Waals surface area contributed by atoms with Gasteiger partial charge in [0.05, 0.1) is 23.9 Å². The van der Waals surface area contributed by atoms with Gasteiger partial charge in [-0.2, -0.15) is 15.8 Å². The lowest BCUT2D eigenvalue weighted by atomic mass is 9.53. The van der Waals surface area contributed by atoms with Gasteiger partial charge in [-0.15, -0.1) is 0 Å². The van der Waals surface area contributed by atoms with E-state index >= 15 is 0 Å². The molecule has 3 atom stereocenters. The van der Waals surface area contributed by atoms with Crippen LogP contribution in [0.3, 0.4) is 0 Å². The first-order chi connectivity index (χ1) is 12.0. The second-order valence-electron chi connectivity index (χ2n) is 6.39. The predicted molar refractivity (Wildman–Crippen MR) is 85.0 cm³/mol. The van der Waals surface area contributed by atoms with Crippen LogP contribution in [0.2, 0.25) is 0 Å². The van der Waals surface area contributed by atoms with E-state index < -0.39 is 34.8 Å². The van der Waals surface area contributed by atoms with Gasteiger partial charge in [0, 0.05) is 12.0 Å². The quantitative estimate of drug-likeness (QED) is 0.786. The van der Waals surface area contributed by atoms with Crippen molar-refractivity contribution in [3.05, 3.63) is 47.0 Å². The summed E-state index contributed by atoms with van der Waals surface area (Å²) in [6.45, 7) is 0. The zero-order valence-corrected chi connectivity index (χ0v) is 13.3. The summed E-state index contributed by atoms with van der Waals surface area (Å²) < 4.78 is 27.8. The van der Waals surface area contributed by atoms with Crippen molar-refractivity contribution < 1.29 is 8.78 Å². The lowest BCUT2D eigenvalue weighted by Gasteiger charge is -2.45. The molecule has 1 N–H and O–H groups in total. The van der Waals surface area contributed by atoms with Crippen LogP contribution in [0, 0.1) is 68.3 Å². The van der Waals surface area contributed by atoms with Crippen LogP contribution >= 0.6 is 0 Å². The Labute approximate surface area is 144 Å². The molecule has 4 nitrogen and oxygen atoms in total. The molecule has 1 saturated carbocycles. The molecule has 0 aliphatic heterocycles. The molecule has 0 bridgehead atoms. The maximum atomic E-state index is 14.5. The third-order valence-corrected chi connectivity index (χ3v) is 5.22. The molecule has 0 spiro atoms. The standard InChI is InChI=1S/C19H14F2N4/c20-11-5-6-14(16(21)7-11)17-13-4-2-1-3-12(13)15(8-22)18(25)19(17,9-23)10-24/h3,5-7,13,15,17,25H,1-2,4H2/t13-,15+,17+/m0/s1. The van der Waals surface area contributed by atoms with Gasteiger partial charge < -0.3 is 5.41 Å². The lowest BCUT2D eigenvalue weighted by molar-refractivity contribution is 0.312. The first-order valence-electron chi connectivity index (χ1n) is 7.96. The second kappa shape index (κ2) is 6.11. The molecule has 1 aromatic carbocycles. The Balaban J connectivity index is 2.29. The van der Waals surface area contributed by atoms with Crippen molar-refractivity contribution >= 4 is 5.71 Å². The van der Waals surface area contributed by atoms with Gasteiger partial charge in [0.2, 0.25) is 0 Å². The topological polar surface area (TPSA) is 95.2 Å². The smallest absolute Gasteiger partial charge is 0.189 e. The van der Waals surface area contributed by atoms with E-state index in [2.05, 4.69) is 0 Å². The Kier molecular flexibility index (Phi) is 4.11. The minimum absolute atomic E-state index is 0.0449. The summed E-state index contributed by atoms with van der Waals surface area (Å²) in [7, 11) is 0. The molecule has 2 aliphatic rings. The Morgan fingerprint density at radius 2 is 1.88 bits per heavy atom. The molecule has 0 saturated heterocycles. The zero-order chi connectivity index (χ0) is 18.2. The van der Waals surface area contributed by atoms with E-state index in [1.54, 1.807) is 0 Å². The number of nitrogens with one attached hydrogen (secondary N) is 1. The van der Waals surface area contributed by atoms with Gasteiger partial charge in [-0.3, -0.25) is 0 Å². The molecule has 2 aliphatic carbocycles. The van der Waals surface area contributed by atoms with Gasteiger partial charge >= 0.3 is 0 Å². The summed E-state index contributed by atoms with van der Waals surface area (Å²) in [4.78, 5) is 0. The fourth-order valence-electron chi connectivity index (χ4n) is 4.11. The van der Waals surface area contributed by atoms with Gasteiger partial charge in [0.15, 0.2) is 5.41 Å². The van der Waals surface area contributed by atoms with Crippen LogP contribution in [0.1, 0.15) is 30.7 Å². The number of nitriles is 3. The highest BCUT2D eigenvalue weighted by Gasteiger charge is 2.57. The monoisotopic (exact) mass is 336 g/mol. The molecule has 1 aromatic rings. The number of hydrogen-bond acceptors (Lipinski definition) is 4. The van der Waals surface area contributed by atoms with Crippen LogP contribution < -0.4 is 0 Å². The molecule has 6 heteroatoms. The van der Waals surface area contributed by atoms with Crippen LogP contribution in [0.25, 0.3) is 0 Å². The number of halogens is 2. The van der Waals surface area contributed by atoms with Crippen molar-refractivity contribution in [1.29, 1.82) is 21.2 Å². The third kappa shape index (κ3) is 2.32. The van der Waals surface area contributed by atoms with Gasteiger partial charge in [-0.05, 0) is 42.4 Å². The van der Waals surface area contributed by atoms with Gasteiger partial charge in [0.1, 0.15) is 17.6 Å².